The Hall–Kier alpha value is -2.90. The molecule has 2 heterocycles. The molecular weight excluding hydrogens is 400 g/mol. The summed E-state index contributed by atoms with van der Waals surface area (Å²) in [6.45, 7) is 3.96. The minimum Gasteiger partial charge on any atom is -0.306 e. The van der Waals surface area contributed by atoms with Gasteiger partial charge in [0, 0.05) is 21.9 Å². The van der Waals surface area contributed by atoms with Gasteiger partial charge in [-0.25, -0.2) is 4.98 Å². The van der Waals surface area contributed by atoms with Crippen molar-refractivity contribution >= 4 is 34.8 Å². The lowest BCUT2D eigenvalue weighted by Crippen LogP contribution is -2.15. The third kappa shape index (κ3) is 4.11. The smallest absolute Gasteiger partial charge is 0.257 e. The van der Waals surface area contributed by atoms with Gasteiger partial charge in [0.1, 0.15) is 5.82 Å². The minimum absolute atomic E-state index is 0.161. The molecule has 29 heavy (non-hydrogen) atoms. The molecule has 0 saturated heterocycles. The molecule has 0 aliphatic rings. The summed E-state index contributed by atoms with van der Waals surface area (Å²) in [7, 11) is 0. The van der Waals surface area contributed by atoms with Crippen LogP contribution in [0.25, 0.3) is 16.4 Å². The van der Waals surface area contributed by atoms with Crippen LogP contribution in [0.1, 0.15) is 21.6 Å². The van der Waals surface area contributed by atoms with Crippen LogP contribution in [0.5, 0.6) is 0 Å². The lowest BCUT2D eigenvalue weighted by Gasteiger charge is -2.09. The summed E-state index contributed by atoms with van der Waals surface area (Å²) in [4.78, 5) is 18.5. The average molecular weight is 421 g/mol. The van der Waals surface area contributed by atoms with Crippen LogP contribution in [0.2, 0.25) is 0 Å². The molecule has 2 aromatic carbocycles. The van der Waals surface area contributed by atoms with E-state index in [0.29, 0.717) is 16.5 Å². The molecule has 146 valence electrons. The van der Waals surface area contributed by atoms with Crippen LogP contribution in [0, 0.1) is 13.8 Å². The molecule has 2 aromatic heterocycles. The van der Waals surface area contributed by atoms with Gasteiger partial charge in [-0.15, -0.1) is 23.1 Å². The van der Waals surface area contributed by atoms with Crippen LogP contribution in [-0.4, -0.2) is 26.9 Å². The van der Waals surface area contributed by atoms with Gasteiger partial charge < -0.3 is 5.32 Å². The first-order chi connectivity index (χ1) is 14.0. The third-order valence-electron chi connectivity index (χ3n) is 4.45. The topological polar surface area (TPSA) is 59.8 Å². The van der Waals surface area contributed by atoms with E-state index in [-0.39, 0.29) is 5.91 Å². The summed E-state index contributed by atoms with van der Waals surface area (Å²) < 4.78 is 1.69. The van der Waals surface area contributed by atoms with E-state index >= 15 is 0 Å². The Morgan fingerprint density at radius 3 is 2.62 bits per heavy atom. The summed E-state index contributed by atoms with van der Waals surface area (Å²) >= 11 is 3.04. The number of benzene rings is 2. The van der Waals surface area contributed by atoms with E-state index in [2.05, 4.69) is 41.6 Å². The first-order valence-corrected chi connectivity index (χ1v) is 11.2. The molecule has 4 aromatic rings. The van der Waals surface area contributed by atoms with E-state index in [4.69, 9.17) is 4.98 Å². The van der Waals surface area contributed by atoms with E-state index in [1.165, 1.54) is 16.9 Å². The fourth-order valence-corrected chi connectivity index (χ4v) is 4.36. The van der Waals surface area contributed by atoms with Crippen LogP contribution in [0.4, 0.5) is 5.82 Å². The highest BCUT2D eigenvalue weighted by Crippen LogP contribution is 2.27. The summed E-state index contributed by atoms with van der Waals surface area (Å²) in [6.07, 6.45) is 1.96. The minimum atomic E-state index is -0.161. The van der Waals surface area contributed by atoms with Gasteiger partial charge in [-0.1, -0.05) is 42.0 Å². The predicted octanol–water partition coefficient (Wildman–Crippen LogP) is 5.59. The van der Waals surface area contributed by atoms with Crippen LogP contribution in [0.15, 0.2) is 64.9 Å². The number of aryl methyl sites for hydroxylation is 2. The summed E-state index contributed by atoms with van der Waals surface area (Å²) in [5, 5.41) is 10.2. The van der Waals surface area contributed by atoms with Crippen LogP contribution >= 0.6 is 23.1 Å². The first-order valence-electron chi connectivity index (χ1n) is 9.09. The molecule has 0 aliphatic carbocycles. The lowest BCUT2D eigenvalue weighted by molar-refractivity contribution is 0.102. The quantitative estimate of drug-likeness (QED) is 0.428. The highest BCUT2D eigenvalue weighted by atomic mass is 32.2. The second-order valence-corrected chi connectivity index (χ2v) is 8.30. The van der Waals surface area contributed by atoms with E-state index in [1.807, 2.05) is 48.9 Å². The van der Waals surface area contributed by atoms with Crippen molar-refractivity contribution in [2.75, 3.05) is 11.6 Å². The van der Waals surface area contributed by atoms with Crippen molar-refractivity contribution in [1.82, 2.24) is 14.8 Å². The molecule has 0 aliphatic heterocycles. The maximum atomic E-state index is 12.9. The summed E-state index contributed by atoms with van der Waals surface area (Å²) in [5.74, 6) is 0.444. The van der Waals surface area contributed by atoms with Crippen molar-refractivity contribution in [3.05, 3.63) is 76.8 Å². The fourth-order valence-electron chi connectivity index (χ4n) is 2.97. The highest BCUT2D eigenvalue weighted by Gasteiger charge is 2.17. The van der Waals surface area contributed by atoms with Gasteiger partial charge >= 0.3 is 0 Å². The number of amides is 1. The van der Waals surface area contributed by atoms with Gasteiger partial charge in [0.15, 0.2) is 0 Å². The van der Waals surface area contributed by atoms with E-state index in [0.717, 1.165) is 21.8 Å². The van der Waals surface area contributed by atoms with Crippen molar-refractivity contribution in [3.8, 4) is 16.4 Å². The van der Waals surface area contributed by atoms with Crippen LogP contribution in [0.3, 0.4) is 0 Å². The number of aromatic nitrogens is 3. The van der Waals surface area contributed by atoms with Crippen molar-refractivity contribution in [3.63, 3.8) is 0 Å². The Bertz CT molecular complexity index is 1160. The van der Waals surface area contributed by atoms with Crippen LogP contribution < -0.4 is 5.32 Å². The van der Waals surface area contributed by atoms with Crippen molar-refractivity contribution < 1.29 is 4.79 Å². The first kappa shape index (κ1) is 19.4. The Balaban J connectivity index is 1.64. The molecule has 0 unspecified atom stereocenters. The van der Waals surface area contributed by atoms with Gasteiger partial charge in [0.05, 0.1) is 17.0 Å². The Labute approximate surface area is 177 Å². The third-order valence-corrected chi connectivity index (χ3v) is 6.06. The van der Waals surface area contributed by atoms with Gasteiger partial charge in [0.2, 0.25) is 5.13 Å². The number of nitrogens with one attached hydrogen (secondary N) is 1. The molecule has 0 bridgehead atoms. The van der Waals surface area contributed by atoms with Gasteiger partial charge in [0.25, 0.3) is 5.91 Å². The molecule has 4 rings (SSSR count). The molecule has 1 amide bonds. The van der Waals surface area contributed by atoms with E-state index in [9.17, 15) is 4.79 Å². The number of rotatable bonds is 5. The number of thioether (sulfide) groups is 1. The van der Waals surface area contributed by atoms with Crippen LogP contribution in [-0.2, 0) is 0 Å². The van der Waals surface area contributed by atoms with Gasteiger partial charge in [-0.3, -0.25) is 4.79 Å². The highest BCUT2D eigenvalue weighted by molar-refractivity contribution is 7.98. The van der Waals surface area contributed by atoms with Gasteiger partial charge in [-0.2, -0.15) is 9.78 Å². The average Bonchev–Trinajstić information content (AvgIpc) is 3.35. The Morgan fingerprint density at radius 2 is 1.86 bits per heavy atom. The molecule has 1 N–H and O–H groups in total. The number of carbonyl (C=O) groups is 1. The van der Waals surface area contributed by atoms with E-state index < -0.39 is 0 Å². The largest absolute Gasteiger partial charge is 0.306 e. The normalized spacial score (nSPS) is 10.9. The second kappa shape index (κ2) is 8.23. The molecule has 0 spiro atoms. The number of anilines is 1. The molecule has 0 saturated carbocycles. The van der Waals surface area contributed by atoms with Crippen molar-refractivity contribution in [1.29, 1.82) is 0 Å². The number of carbonyl (C=O) groups excluding carboxylic acids is 1. The SMILES string of the molecule is CSc1ccccc1C(=O)Nc1cc(C)nn1-c1nc(-c2ccc(C)cc2)cs1. The van der Waals surface area contributed by atoms with E-state index in [1.54, 1.807) is 16.4 Å². The van der Waals surface area contributed by atoms with Crippen molar-refractivity contribution in [2.24, 2.45) is 0 Å². The number of hydrogen-bond acceptors (Lipinski definition) is 5. The number of hydrogen-bond donors (Lipinski definition) is 1. The second-order valence-electron chi connectivity index (χ2n) is 6.62. The zero-order valence-electron chi connectivity index (χ0n) is 16.3. The zero-order chi connectivity index (χ0) is 20.4. The van der Waals surface area contributed by atoms with Crippen molar-refractivity contribution in [2.45, 2.75) is 18.7 Å². The number of nitrogens with zero attached hydrogens (tertiary/aromatic N) is 3. The molecule has 0 atom stereocenters. The molecular formula is C22H20N4OS2. The monoisotopic (exact) mass is 420 g/mol. The Morgan fingerprint density at radius 1 is 1.10 bits per heavy atom. The summed E-state index contributed by atoms with van der Waals surface area (Å²) in [5.41, 5.74) is 4.61. The zero-order valence-corrected chi connectivity index (χ0v) is 18.0. The molecule has 0 radical (unpaired) electrons. The molecule has 5 nitrogen and oxygen atoms in total. The lowest BCUT2D eigenvalue weighted by atomic mass is 10.1. The standard InChI is InChI=1S/C22H20N4OS2/c1-14-8-10-16(11-9-14)18-13-29-22(23-18)26-20(12-15(2)25-26)24-21(27)17-6-4-5-7-19(17)28-3/h4-13H,1-3H3,(H,24,27). The van der Waals surface area contributed by atoms with Gasteiger partial charge in [-0.05, 0) is 32.2 Å². The maximum absolute atomic E-state index is 12.9. The maximum Gasteiger partial charge on any atom is 0.257 e. The summed E-state index contributed by atoms with van der Waals surface area (Å²) in [6, 6.07) is 17.7. The predicted molar refractivity (Wildman–Crippen MR) is 120 cm³/mol. The Kier molecular flexibility index (Phi) is 5.51. The number of thiazole rings is 1. The molecule has 0 fully saturated rings. The fraction of sp³-hybridized carbons (Fsp3) is 0.136. The molecule has 7 heteroatoms.